The van der Waals surface area contributed by atoms with Crippen LogP contribution in [-0.2, 0) is 0 Å². The molecule has 0 saturated carbocycles. The Balaban J connectivity index is 1.58. The SMILES string of the molecule is Cc1cnc(N2CCN(C(=O)[O-])CC2)c(OCCOc2cccnc2)n1. The lowest BCUT2D eigenvalue weighted by Gasteiger charge is -2.36. The third-order valence-corrected chi connectivity index (χ3v) is 3.91. The first-order chi connectivity index (χ1) is 12.6. The molecule has 0 unspecified atom stereocenters. The fraction of sp³-hybridized carbons (Fsp3) is 0.412. The zero-order valence-electron chi connectivity index (χ0n) is 14.5. The highest BCUT2D eigenvalue weighted by Gasteiger charge is 2.22. The summed E-state index contributed by atoms with van der Waals surface area (Å²) in [5.41, 5.74) is 0.741. The second-order valence-corrected chi connectivity index (χ2v) is 5.77. The second kappa shape index (κ2) is 8.32. The van der Waals surface area contributed by atoms with Gasteiger partial charge in [0.1, 0.15) is 25.1 Å². The van der Waals surface area contributed by atoms with Crippen molar-refractivity contribution < 1.29 is 19.4 Å². The van der Waals surface area contributed by atoms with Gasteiger partial charge in [-0.3, -0.25) is 4.98 Å². The molecule has 0 aliphatic carbocycles. The van der Waals surface area contributed by atoms with Gasteiger partial charge in [0.25, 0.3) is 5.88 Å². The van der Waals surface area contributed by atoms with Crippen molar-refractivity contribution in [1.82, 2.24) is 19.9 Å². The zero-order valence-corrected chi connectivity index (χ0v) is 14.5. The number of pyridine rings is 1. The molecule has 1 saturated heterocycles. The van der Waals surface area contributed by atoms with Crippen molar-refractivity contribution >= 4 is 11.9 Å². The van der Waals surface area contributed by atoms with Crippen molar-refractivity contribution in [2.24, 2.45) is 0 Å². The normalized spacial score (nSPS) is 14.2. The Morgan fingerprint density at radius 2 is 1.96 bits per heavy atom. The van der Waals surface area contributed by atoms with Gasteiger partial charge >= 0.3 is 0 Å². The van der Waals surface area contributed by atoms with Gasteiger partial charge in [0, 0.05) is 32.4 Å². The average Bonchev–Trinajstić information content (AvgIpc) is 2.66. The molecule has 0 radical (unpaired) electrons. The predicted molar refractivity (Wildman–Crippen MR) is 91.2 cm³/mol. The number of carbonyl (C=O) groups is 1. The molecule has 2 aromatic heterocycles. The van der Waals surface area contributed by atoms with Crippen LogP contribution in [0.4, 0.5) is 10.6 Å². The number of hydrogen-bond donors (Lipinski definition) is 0. The van der Waals surface area contributed by atoms with Crippen molar-refractivity contribution in [2.75, 3.05) is 44.3 Å². The first-order valence-corrected chi connectivity index (χ1v) is 8.33. The Kier molecular flexibility index (Phi) is 5.67. The first kappa shape index (κ1) is 17.7. The number of piperazine rings is 1. The highest BCUT2D eigenvalue weighted by atomic mass is 16.5. The van der Waals surface area contributed by atoms with Gasteiger partial charge in [-0.15, -0.1) is 0 Å². The number of hydrogen-bond acceptors (Lipinski definition) is 8. The fourth-order valence-corrected chi connectivity index (χ4v) is 2.59. The number of carbonyl (C=O) groups excluding carboxylic acids is 1. The standard InChI is InChI=1S/C17H21N5O4/c1-13-11-19-15(21-5-7-22(8-6-21)17(23)24)16(20-13)26-10-9-25-14-3-2-4-18-12-14/h2-4,11-12H,5-10H2,1H3,(H,23,24)/p-1. The molecule has 0 N–H and O–H groups in total. The van der Waals surface area contributed by atoms with Crippen molar-refractivity contribution in [2.45, 2.75) is 6.92 Å². The summed E-state index contributed by atoms with van der Waals surface area (Å²) in [5, 5.41) is 10.9. The number of aromatic nitrogens is 3. The molecule has 0 bridgehead atoms. The van der Waals surface area contributed by atoms with Gasteiger partial charge in [0.15, 0.2) is 5.82 Å². The smallest absolute Gasteiger partial charge is 0.258 e. The monoisotopic (exact) mass is 358 g/mol. The summed E-state index contributed by atoms with van der Waals surface area (Å²) in [4.78, 5) is 27.0. The van der Waals surface area contributed by atoms with Gasteiger partial charge in [-0.05, 0) is 19.1 Å². The maximum atomic E-state index is 10.9. The average molecular weight is 358 g/mol. The molecule has 9 nitrogen and oxygen atoms in total. The third kappa shape index (κ3) is 4.50. The minimum Gasteiger partial charge on any atom is -0.530 e. The van der Waals surface area contributed by atoms with E-state index in [9.17, 15) is 9.90 Å². The molecular formula is C17H20N5O4-. The van der Waals surface area contributed by atoms with Crippen LogP contribution in [0.5, 0.6) is 11.6 Å². The van der Waals surface area contributed by atoms with E-state index in [0.29, 0.717) is 56.8 Å². The third-order valence-electron chi connectivity index (χ3n) is 3.91. The molecule has 1 aliphatic rings. The largest absolute Gasteiger partial charge is 0.530 e. The lowest BCUT2D eigenvalue weighted by atomic mass is 10.3. The summed E-state index contributed by atoms with van der Waals surface area (Å²) in [5.74, 6) is 1.70. The Bertz CT molecular complexity index is 735. The molecule has 138 valence electrons. The van der Waals surface area contributed by atoms with Crippen molar-refractivity contribution in [3.05, 3.63) is 36.4 Å². The fourth-order valence-electron chi connectivity index (χ4n) is 2.59. The molecule has 9 heteroatoms. The Morgan fingerprint density at radius 1 is 1.19 bits per heavy atom. The van der Waals surface area contributed by atoms with E-state index in [-0.39, 0.29) is 0 Å². The summed E-state index contributed by atoms with van der Waals surface area (Å²) < 4.78 is 11.3. The second-order valence-electron chi connectivity index (χ2n) is 5.77. The number of nitrogens with zero attached hydrogens (tertiary/aromatic N) is 5. The summed E-state index contributed by atoms with van der Waals surface area (Å²) in [6.45, 7) is 4.23. The predicted octanol–water partition coefficient (Wildman–Crippen LogP) is 0.103. The van der Waals surface area contributed by atoms with E-state index < -0.39 is 6.09 Å². The van der Waals surface area contributed by atoms with Crippen LogP contribution in [-0.4, -0.2) is 65.3 Å². The number of amides is 1. The molecule has 0 atom stereocenters. The summed E-state index contributed by atoms with van der Waals surface area (Å²) in [7, 11) is 0. The summed E-state index contributed by atoms with van der Waals surface area (Å²) in [6.07, 6.45) is 3.83. The highest BCUT2D eigenvalue weighted by molar-refractivity contribution is 5.63. The molecule has 3 heterocycles. The lowest BCUT2D eigenvalue weighted by molar-refractivity contribution is -0.265. The minimum atomic E-state index is -1.15. The van der Waals surface area contributed by atoms with Crippen LogP contribution in [0.1, 0.15) is 5.69 Å². The molecule has 1 fully saturated rings. The molecule has 3 rings (SSSR count). The van der Waals surface area contributed by atoms with Crippen LogP contribution >= 0.6 is 0 Å². The van der Waals surface area contributed by atoms with Gasteiger partial charge < -0.3 is 29.2 Å². The van der Waals surface area contributed by atoms with Crippen LogP contribution in [0.2, 0.25) is 0 Å². The quantitative estimate of drug-likeness (QED) is 0.670. The first-order valence-electron chi connectivity index (χ1n) is 8.33. The number of carboxylic acid groups (broad SMARTS) is 1. The van der Waals surface area contributed by atoms with Crippen molar-refractivity contribution in [3.63, 3.8) is 0 Å². The van der Waals surface area contributed by atoms with Crippen molar-refractivity contribution in [3.8, 4) is 11.6 Å². The lowest BCUT2D eigenvalue weighted by Crippen LogP contribution is -2.53. The summed E-state index contributed by atoms with van der Waals surface area (Å²) in [6, 6.07) is 3.62. The van der Waals surface area contributed by atoms with Crippen LogP contribution in [0.25, 0.3) is 0 Å². The molecule has 0 spiro atoms. The Morgan fingerprint density at radius 3 is 2.65 bits per heavy atom. The molecule has 0 aromatic carbocycles. The Hall–Kier alpha value is -3.10. The molecule has 1 aliphatic heterocycles. The van der Waals surface area contributed by atoms with Gasteiger partial charge in [0.05, 0.1) is 18.1 Å². The summed E-state index contributed by atoms with van der Waals surface area (Å²) >= 11 is 0. The van der Waals surface area contributed by atoms with Crippen LogP contribution in [0.15, 0.2) is 30.7 Å². The molecular weight excluding hydrogens is 338 g/mol. The maximum Gasteiger partial charge on any atom is 0.258 e. The van der Waals surface area contributed by atoms with E-state index in [1.165, 1.54) is 4.90 Å². The minimum absolute atomic E-state index is 0.305. The number of rotatable bonds is 6. The zero-order chi connectivity index (χ0) is 18.4. The molecule has 1 amide bonds. The molecule has 2 aromatic rings. The number of aryl methyl sites for hydroxylation is 1. The van der Waals surface area contributed by atoms with Crippen molar-refractivity contribution in [1.29, 1.82) is 0 Å². The van der Waals surface area contributed by atoms with Crippen LogP contribution in [0.3, 0.4) is 0 Å². The number of anilines is 1. The Labute approximate surface area is 151 Å². The number of ether oxygens (including phenoxy) is 2. The topological polar surface area (TPSA) is 104 Å². The van der Waals surface area contributed by atoms with E-state index in [1.54, 1.807) is 24.7 Å². The van der Waals surface area contributed by atoms with Crippen LogP contribution < -0.4 is 19.5 Å². The van der Waals surface area contributed by atoms with E-state index >= 15 is 0 Å². The van der Waals surface area contributed by atoms with Gasteiger partial charge in [0.2, 0.25) is 0 Å². The van der Waals surface area contributed by atoms with Gasteiger partial charge in [-0.25, -0.2) is 9.97 Å². The van der Waals surface area contributed by atoms with Crippen LogP contribution in [0, 0.1) is 6.92 Å². The van der Waals surface area contributed by atoms with E-state index in [2.05, 4.69) is 15.0 Å². The maximum absolute atomic E-state index is 10.9. The van der Waals surface area contributed by atoms with E-state index in [4.69, 9.17) is 9.47 Å². The van der Waals surface area contributed by atoms with E-state index in [0.717, 1.165) is 5.69 Å². The van der Waals surface area contributed by atoms with Gasteiger partial charge in [-0.1, -0.05) is 0 Å². The molecule has 26 heavy (non-hydrogen) atoms. The van der Waals surface area contributed by atoms with E-state index in [1.807, 2.05) is 17.9 Å². The van der Waals surface area contributed by atoms with Gasteiger partial charge in [-0.2, -0.15) is 0 Å². The highest BCUT2D eigenvalue weighted by Crippen LogP contribution is 2.24.